The van der Waals surface area contributed by atoms with Gasteiger partial charge in [-0.1, -0.05) is 30.3 Å². The summed E-state index contributed by atoms with van der Waals surface area (Å²) in [6.07, 6.45) is 3.22. The van der Waals surface area contributed by atoms with Crippen molar-refractivity contribution in [3.05, 3.63) is 35.9 Å². The first-order valence-corrected chi connectivity index (χ1v) is 10.3. The van der Waals surface area contributed by atoms with Gasteiger partial charge in [0.1, 0.15) is 12.6 Å². The molecule has 1 amide bonds. The zero-order valence-corrected chi connectivity index (χ0v) is 19.5. The van der Waals surface area contributed by atoms with Crippen LogP contribution in [0.25, 0.3) is 0 Å². The van der Waals surface area contributed by atoms with Crippen LogP contribution in [-0.4, -0.2) is 74.9 Å². The summed E-state index contributed by atoms with van der Waals surface area (Å²) < 4.78 is 11.7. The van der Waals surface area contributed by atoms with Crippen molar-refractivity contribution < 1.29 is 14.3 Å². The number of amides is 1. The molecule has 2 N–H and O–H groups in total. The molecule has 29 heavy (non-hydrogen) atoms. The summed E-state index contributed by atoms with van der Waals surface area (Å²) in [4.78, 5) is 18.9. The van der Waals surface area contributed by atoms with Crippen molar-refractivity contribution in [1.82, 2.24) is 15.5 Å². The minimum Gasteiger partial charge on any atom is -0.375 e. The standard InChI is InChI=1S/C21H32N4O3.HI/c1-2-22-21(25-12-14-28-19(16-25)18-9-6-13-27-18)24-15-20(26)23-11-10-17-7-4-3-5-8-17;/h3-5,7-8,18-19H,2,6,9-16H2,1H3,(H,22,24)(H,23,26);1H. The first-order valence-electron chi connectivity index (χ1n) is 10.3. The predicted octanol–water partition coefficient (Wildman–Crippen LogP) is 1.81. The fourth-order valence-electron chi connectivity index (χ4n) is 3.61. The van der Waals surface area contributed by atoms with E-state index in [0.717, 1.165) is 51.5 Å². The quantitative estimate of drug-likeness (QED) is 0.329. The average Bonchev–Trinajstić information content (AvgIpc) is 3.27. The number of halogens is 1. The van der Waals surface area contributed by atoms with Gasteiger partial charge in [0.2, 0.25) is 5.91 Å². The Kier molecular flexibility index (Phi) is 10.7. The smallest absolute Gasteiger partial charge is 0.241 e. The largest absolute Gasteiger partial charge is 0.375 e. The van der Waals surface area contributed by atoms with Crippen LogP contribution in [0.5, 0.6) is 0 Å². The maximum atomic E-state index is 12.2. The molecule has 1 aromatic rings. The second kappa shape index (κ2) is 13.0. The molecule has 0 aliphatic carbocycles. The van der Waals surface area contributed by atoms with Crippen LogP contribution < -0.4 is 10.6 Å². The lowest BCUT2D eigenvalue weighted by atomic mass is 10.1. The van der Waals surface area contributed by atoms with Crippen LogP contribution in [0, 0.1) is 0 Å². The minimum atomic E-state index is -0.0599. The molecule has 162 valence electrons. The minimum absolute atomic E-state index is 0. The van der Waals surface area contributed by atoms with Crippen LogP contribution in [0.4, 0.5) is 0 Å². The Labute approximate surface area is 190 Å². The third-order valence-electron chi connectivity index (χ3n) is 5.06. The number of nitrogens with one attached hydrogen (secondary N) is 2. The second-order valence-corrected chi connectivity index (χ2v) is 7.16. The van der Waals surface area contributed by atoms with Crippen molar-refractivity contribution >= 4 is 35.8 Å². The molecule has 2 aliphatic heterocycles. The molecule has 2 fully saturated rings. The number of benzene rings is 1. The highest BCUT2D eigenvalue weighted by molar-refractivity contribution is 14.0. The highest BCUT2D eigenvalue weighted by atomic mass is 127. The number of morpholine rings is 1. The molecule has 8 heteroatoms. The number of ether oxygens (including phenoxy) is 2. The summed E-state index contributed by atoms with van der Waals surface area (Å²) in [6.45, 7) is 6.52. The normalized spacial score (nSPS) is 22.1. The maximum absolute atomic E-state index is 12.2. The van der Waals surface area contributed by atoms with Crippen molar-refractivity contribution in [3.63, 3.8) is 0 Å². The molecule has 2 aliphatic rings. The number of aliphatic imine (C=N–C) groups is 1. The molecule has 0 bridgehead atoms. The Morgan fingerprint density at radius 2 is 1.97 bits per heavy atom. The fourth-order valence-corrected chi connectivity index (χ4v) is 3.61. The Morgan fingerprint density at radius 3 is 2.69 bits per heavy atom. The van der Waals surface area contributed by atoms with Gasteiger partial charge in [0.05, 0.1) is 12.7 Å². The van der Waals surface area contributed by atoms with Crippen LogP contribution in [0.3, 0.4) is 0 Å². The highest BCUT2D eigenvalue weighted by Crippen LogP contribution is 2.21. The van der Waals surface area contributed by atoms with Crippen molar-refractivity contribution in [3.8, 4) is 0 Å². The van der Waals surface area contributed by atoms with Gasteiger partial charge in [-0.15, -0.1) is 24.0 Å². The maximum Gasteiger partial charge on any atom is 0.241 e. The molecule has 0 aromatic heterocycles. The SMILES string of the molecule is CCNC(=NCC(=O)NCCc1ccccc1)N1CCOC(C2CCCO2)C1.I. The van der Waals surface area contributed by atoms with Crippen LogP contribution in [0.1, 0.15) is 25.3 Å². The van der Waals surface area contributed by atoms with Gasteiger partial charge in [-0.3, -0.25) is 4.79 Å². The zero-order chi connectivity index (χ0) is 19.6. The summed E-state index contributed by atoms with van der Waals surface area (Å²) in [6, 6.07) is 10.1. The Balaban J connectivity index is 0.00000300. The number of carbonyl (C=O) groups is 1. The van der Waals surface area contributed by atoms with Gasteiger partial charge in [-0.05, 0) is 31.7 Å². The third-order valence-corrected chi connectivity index (χ3v) is 5.06. The van der Waals surface area contributed by atoms with E-state index in [9.17, 15) is 4.79 Å². The molecule has 2 saturated heterocycles. The number of hydrogen-bond donors (Lipinski definition) is 2. The number of rotatable bonds is 7. The van der Waals surface area contributed by atoms with E-state index in [1.54, 1.807) is 0 Å². The number of nitrogens with zero attached hydrogens (tertiary/aromatic N) is 2. The number of carbonyl (C=O) groups excluding carboxylic acids is 1. The number of guanidine groups is 1. The van der Waals surface area contributed by atoms with Gasteiger partial charge in [-0.25, -0.2) is 4.99 Å². The summed E-state index contributed by atoms with van der Waals surface area (Å²) in [5.41, 5.74) is 1.22. The van der Waals surface area contributed by atoms with Crippen molar-refractivity contribution in [1.29, 1.82) is 0 Å². The lowest BCUT2D eigenvalue weighted by Gasteiger charge is -2.37. The molecule has 3 rings (SSSR count). The van der Waals surface area contributed by atoms with E-state index in [4.69, 9.17) is 9.47 Å². The average molecular weight is 516 g/mol. The Bertz CT molecular complexity index is 638. The van der Waals surface area contributed by atoms with Crippen LogP contribution in [-0.2, 0) is 20.7 Å². The van der Waals surface area contributed by atoms with E-state index >= 15 is 0 Å². The molecule has 2 heterocycles. The molecule has 7 nitrogen and oxygen atoms in total. The topological polar surface area (TPSA) is 75.2 Å². The summed E-state index contributed by atoms with van der Waals surface area (Å²) >= 11 is 0. The van der Waals surface area contributed by atoms with E-state index in [0.29, 0.717) is 13.2 Å². The zero-order valence-electron chi connectivity index (χ0n) is 17.1. The van der Waals surface area contributed by atoms with Crippen LogP contribution in [0.15, 0.2) is 35.3 Å². The van der Waals surface area contributed by atoms with Crippen molar-refractivity contribution in [2.75, 3.05) is 45.9 Å². The van der Waals surface area contributed by atoms with E-state index in [2.05, 4.69) is 32.7 Å². The summed E-state index contributed by atoms with van der Waals surface area (Å²) in [5.74, 6) is 0.710. The first kappa shape index (κ1) is 23.9. The second-order valence-electron chi connectivity index (χ2n) is 7.16. The first-order chi connectivity index (χ1) is 13.8. The molecule has 2 atom stereocenters. The summed E-state index contributed by atoms with van der Waals surface area (Å²) in [7, 11) is 0. The Morgan fingerprint density at radius 1 is 1.17 bits per heavy atom. The molecule has 0 spiro atoms. The molecule has 1 aromatic carbocycles. The van der Waals surface area contributed by atoms with Crippen LogP contribution in [0.2, 0.25) is 0 Å². The van der Waals surface area contributed by atoms with Gasteiger partial charge >= 0.3 is 0 Å². The van der Waals surface area contributed by atoms with E-state index < -0.39 is 0 Å². The fraction of sp³-hybridized carbons (Fsp3) is 0.619. The van der Waals surface area contributed by atoms with Gasteiger partial charge in [0.15, 0.2) is 5.96 Å². The van der Waals surface area contributed by atoms with Gasteiger partial charge in [-0.2, -0.15) is 0 Å². The lowest BCUT2D eigenvalue weighted by Crippen LogP contribution is -2.53. The molecular formula is C21H33IN4O3. The number of hydrogen-bond acceptors (Lipinski definition) is 4. The Hall–Kier alpha value is -1.39. The molecule has 0 saturated carbocycles. The van der Waals surface area contributed by atoms with E-state index in [1.165, 1.54) is 5.56 Å². The van der Waals surface area contributed by atoms with E-state index in [1.807, 2.05) is 25.1 Å². The van der Waals surface area contributed by atoms with Gasteiger partial charge in [0, 0.05) is 32.8 Å². The lowest BCUT2D eigenvalue weighted by molar-refractivity contribution is -0.119. The third kappa shape index (κ3) is 7.75. The van der Waals surface area contributed by atoms with E-state index in [-0.39, 0.29) is 48.6 Å². The van der Waals surface area contributed by atoms with Crippen molar-refractivity contribution in [2.45, 2.75) is 38.4 Å². The molecule has 0 radical (unpaired) electrons. The highest BCUT2D eigenvalue weighted by Gasteiger charge is 2.32. The molecule has 2 unspecified atom stereocenters. The predicted molar refractivity (Wildman–Crippen MR) is 125 cm³/mol. The monoisotopic (exact) mass is 516 g/mol. The van der Waals surface area contributed by atoms with Crippen molar-refractivity contribution in [2.24, 2.45) is 4.99 Å². The summed E-state index contributed by atoms with van der Waals surface area (Å²) in [5, 5.41) is 6.25. The molecular weight excluding hydrogens is 483 g/mol. The van der Waals surface area contributed by atoms with Crippen LogP contribution >= 0.6 is 24.0 Å². The van der Waals surface area contributed by atoms with Gasteiger partial charge in [0.25, 0.3) is 0 Å². The van der Waals surface area contributed by atoms with Gasteiger partial charge < -0.3 is 25.0 Å².